The molecule has 0 fully saturated rings. The van der Waals surface area contributed by atoms with Gasteiger partial charge in [0.2, 0.25) is 0 Å². The third-order valence-corrected chi connectivity index (χ3v) is 6.11. The van der Waals surface area contributed by atoms with E-state index in [0.717, 1.165) is 12.8 Å². The van der Waals surface area contributed by atoms with Gasteiger partial charge in [0.25, 0.3) is 0 Å². The fourth-order valence-corrected chi connectivity index (χ4v) is 4.32. The maximum Gasteiger partial charge on any atom is 0.309 e. The van der Waals surface area contributed by atoms with E-state index in [4.69, 9.17) is 4.18 Å². The first-order chi connectivity index (χ1) is 13.0. The van der Waals surface area contributed by atoms with Gasteiger partial charge in [0.1, 0.15) is 0 Å². The van der Waals surface area contributed by atoms with Crippen LogP contribution in [-0.2, 0) is 10.1 Å². The lowest BCUT2D eigenvalue weighted by Crippen LogP contribution is -2.14. The number of benzene rings is 1. The minimum Gasteiger partial charge on any atom is -0.504 e. The van der Waals surface area contributed by atoms with E-state index in [2.05, 4.69) is 6.92 Å². The Bertz CT molecular complexity index is 590. The lowest BCUT2D eigenvalue weighted by Gasteiger charge is -2.10. The number of hydrogen-bond donors (Lipinski definition) is 1. The minimum absolute atomic E-state index is 0.00145. The zero-order valence-electron chi connectivity index (χ0n) is 17.2. The molecule has 0 atom stereocenters. The Morgan fingerprint density at radius 2 is 1.30 bits per heavy atom. The summed E-state index contributed by atoms with van der Waals surface area (Å²) >= 11 is 0. The van der Waals surface area contributed by atoms with E-state index in [-0.39, 0.29) is 17.3 Å². The van der Waals surface area contributed by atoms with E-state index in [9.17, 15) is 13.5 Å². The first-order valence-electron chi connectivity index (χ1n) is 10.7. The Labute approximate surface area is 166 Å². The van der Waals surface area contributed by atoms with Gasteiger partial charge in [0.15, 0.2) is 11.5 Å². The van der Waals surface area contributed by atoms with Gasteiger partial charge in [-0.1, -0.05) is 96.1 Å². The molecular formula is C22H38O4S. The van der Waals surface area contributed by atoms with Crippen LogP contribution in [0.25, 0.3) is 0 Å². The maximum atomic E-state index is 12.1. The number of hydrogen-bond acceptors (Lipinski definition) is 4. The van der Waals surface area contributed by atoms with Crippen LogP contribution in [0.15, 0.2) is 18.2 Å². The molecule has 0 aliphatic rings. The van der Waals surface area contributed by atoms with Crippen molar-refractivity contribution in [3.63, 3.8) is 0 Å². The summed E-state index contributed by atoms with van der Waals surface area (Å²) in [5, 5.41) is 9.75. The van der Waals surface area contributed by atoms with Crippen molar-refractivity contribution in [2.45, 2.75) is 97.3 Å². The molecule has 0 saturated carbocycles. The molecule has 1 N–H and O–H groups in total. The molecule has 0 aliphatic carbocycles. The number of aryl methyl sites for hydroxylation is 1. The average Bonchev–Trinajstić information content (AvgIpc) is 2.62. The number of phenols is 1. The Morgan fingerprint density at radius 3 is 1.78 bits per heavy atom. The van der Waals surface area contributed by atoms with Crippen LogP contribution in [0, 0.1) is 6.92 Å². The standard InChI is InChI=1S/C22H38O4S/c1-3-4-5-6-7-8-9-10-11-12-13-14-15-19-27(24,25)26-22-20(2)17-16-18-21(22)23/h16-18,23H,3-15,19H2,1-2H3. The van der Waals surface area contributed by atoms with E-state index >= 15 is 0 Å². The molecule has 5 heteroatoms. The highest BCUT2D eigenvalue weighted by atomic mass is 32.2. The second kappa shape index (κ2) is 13.9. The molecule has 4 nitrogen and oxygen atoms in total. The molecule has 0 unspecified atom stereocenters. The van der Waals surface area contributed by atoms with Crippen LogP contribution in [-0.4, -0.2) is 19.3 Å². The first kappa shape index (κ1) is 23.8. The SMILES string of the molecule is CCCCCCCCCCCCCCCS(=O)(=O)Oc1c(C)cccc1O. The van der Waals surface area contributed by atoms with E-state index in [1.165, 1.54) is 70.3 Å². The molecule has 0 aliphatic heterocycles. The molecular weight excluding hydrogens is 360 g/mol. The maximum absolute atomic E-state index is 12.1. The average molecular weight is 399 g/mol. The summed E-state index contributed by atoms with van der Waals surface area (Å²) in [6.45, 7) is 3.97. The monoisotopic (exact) mass is 398 g/mol. The summed E-state index contributed by atoms with van der Waals surface area (Å²) in [5.74, 6) is -0.0884. The van der Waals surface area contributed by atoms with Crippen molar-refractivity contribution in [1.82, 2.24) is 0 Å². The molecule has 0 heterocycles. The molecule has 0 spiro atoms. The van der Waals surface area contributed by atoms with Crippen LogP contribution in [0.1, 0.15) is 96.0 Å². The number of phenolic OH excluding ortho intramolecular Hbond substituents is 1. The van der Waals surface area contributed by atoms with Crippen molar-refractivity contribution in [3.8, 4) is 11.5 Å². The zero-order valence-corrected chi connectivity index (χ0v) is 18.0. The molecule has 156 valence electrons. The lowest BCUT2D eigenvalue weighted by molar-refractivity contribution is 0.425. The number of para-hydroxylation sites is 1. The number of unbranched alkanes of at least 4 members (excludes halogenated alkanes) is 12. The summed E-state index contributed by atoms with van der Waals surface area (Å²) in [6.07, 6.45) is 15.8. The number of rotatable bonds is 16. The quantitative estimate of drug-likeness (QED) is 0.255. The topological polar surface area (TPSA) is 63.6 Å². The zero-order chi connectivity index (χ0) is 20.0. The Balaban J connectivity index is 2.04. The van der Waals surface area contributed by atoms with Gasteiger partial charge in [0, 0.05) is 0 Å². The molecule has 0 radical (unpaired) electrons. The van der Waals surface area contributed by atoms with Gasteiger partial charge in [-0.2, -0.15) is 8.42 Å². The van der Waals surface area contributed by atoms with Gasteiger partial charge in [-0.15, -0.1) is 0 Å². The Hall–Kier alpha value is -1.23. The van der Waals surface area contributed by atoms with Gasteiger partial charge in [-0.05, 0) is 25.0 Å². The van der Waals surface area contributed by atoms with Crippen LogP contribution in [0.3, 0.4) is 0 Å². The van der Waals surface area contributed by atoms with Gasteiger partial charge >= 0.3 is 10.1 Å². The van der Waals surface area contributed by atoms with Gasteiger partial charge in [-0.3, -0.25) is 0 Å². The summed E-state index contributed by atoms with van der Waals surface area (Å²) < 4.78 is 29.2. The van der Waals surface area contributed by atoms with E-state index in [1.807, 2.05) is 0 Å². The van der Waals surface area contributed by atoms with E-state index < -0.39 is 10.1 Å². The third kappa shape index (κ3) is 11.3. The smallest absolute Gasteiger partial charge is 0.309 e. The Kier molecular flexibility index (Phi) is 12.2. The molecule has 1 aromatic carbocycles. The van der Waals surface area contributed by atoms with E-state index in [0.29, 0.717) is 12.0 Å². The number of aromatic hydroxyl groups is 1. The lowest BCUT2D eigenvalue weighted by atomic mass is 10.1. The minimum atomic E-state index is -3.65. The van der Waals surface area contributed by atoms with Crippen molar-refractivity contribution in [2.75, 3.05) is 5.75 Å². The largest absolute Gasteiger partial charge is 0.504 e. The highest BCUT2D eigenvalue weighted by molar-refractivity contribution is 7.87. The molecule has 1 aromatic rings. The second-order valence-electron chi connectivity index (χ2n) is 7.51. The molecule has 27 heavy (non-hydrogen) atoms. The fourth-order valence-electron chi connectivity index (χ4n) is 3.21. The third-order valence-electron chi connectivity index (χ3n) is 4.90. The van der Waals surface area contributed by atoms with Crippen LogP contribution in [0.2, 0.25) is 0 Å². The Morgan fingerprint density at radius 1 is 0.815 bits per heavy atom. The van der Waals surface area contributed by atoms with Gasteiger partial charge < -0.3 is 9.29 Å². The van der Waals surface area contributed by atoms with Crippen molar-refractivity contribution >= 4 is 10.1 Å². The van der Waals surface area contributed by atoms with Crippen molar-refractivity contribution in [3.05, 3.63) is 23.8 Å². The van der Waals surface area contributed by atoms with Gasteiger partial charge in [0.05, 0.1) is 5.75 Å². The summed E-state index contributed by atoms with van der Waals surface area (Å²) in [7, 11) is -3.65. The molecule has 0 saturated heterocycles. The first-order valence-corrected chi connectivity index (χ1v) is 12.2. The second-order valence-corrected chi connectivity index (χ2v) is 9.20. The van der Waals surface area contributed by atoms with Crippen molar-refractivity contribution in [1.29, 1.82) is 0 Å². The highest BCUT2D eigenvalue weighted by Gasteiger charge is 2.16. The summed E-state index contributed by atoms with van der Waals surface area (Å²) in [5.41, 5.74) is 0.615. The van der Waals surface area contributed by atoms with Crippen molar-refractivity contribution < 1.29 is 17.7 Å². The fraction of sp³-hybridized carbons (Fsp3) is 0.727. The van der Waals surface area contributed by atoms with Crippen LogP contribution < -0.4 is 4.18 Å². The molecule has 0 aromatic heterocycles. The van der Waals surface area contributed by atoms with Gasteiger partial charge in [-0.25, -0.2) is 0 Å². The molecule has 1 rings (SSSR count). The highest BCUT2D eigenvalue weighted by Crippen LogP contribution is 2.30. The normalized spacial score (nSPS) is 11.6. The van der Waals surface area contributed by atoms with Crippen LogP contribution >= 0.6 is 0 Å². The van der Waals surface area contributed by atoms with Crippen LogP contribution in [0.5, 0.6) is 11.5 Å². The molecule has 0 amide bonds. The summed E-state index contributed by atoms with van der Waals surface area (Å²) in [4.78, 5) is 0. The van der Waals surface area contributed by atoms with E-state index in [1.54, 1.807) is 19.1 Å². The predicted octanol–water partition coefficient (Wildman–Crippen LogP) is 6.50. The van der Waals surface area contributed by atoms with Crippen LogP contribution in [0.4, 0.5) is 0 Å². The van der Waals surface area contributed by atoms with Crippen molar-refractivity contribution in [2.24, 2.45) is 0 Å². The molecule has 0 bridgehead atoms. The summed E-state index contributed by atoms with van der Waals surface area (Å²) in [6, 6.07) is 4.81. The predicted molar refractivity (Wildman–Crippen MR) is 113 cm³/mol.